The first-order valence-corrected chi connectivity index (χ1v) is 8.06. The minimum Gasteiger partial charge on any atom is -0.496 e. The Labute approximate surface area is 142 Å². The molecule has 0 spiro atoms. The second-order valence-electron chi connectivity index (χ2n) is 5.89. The van der Waals surface area contributed by atoms with Gasteiger partial charge in [0.05, 0.1) is 12.7 Å². The van der Waals surface area contributed by atoms with Crippen LogP contribution in [-0.4, -0.2) is 36.1 Å². The molecule has 0 fully saturated rings. The molecule has 1 heterocycles. The van der Waals surface area contributed by atoms with Gasteiger partial charge in [-0.15, -0.1) is 0 Å². The van der Waals surface area contributed by atoms with E-state index in [9.17, 15) is 4.79 Å². The third kappa shape index (κ3) is 5.22. The summed E-state index contributed by atoms with van der Waals surface area (Å²) in [4.78, 5) is 20.3. The van der Waals surface area contributed by atoms with Crippen LogP contribution in [0.3, 0.4) is 0 Å². The van der Waals surface area contributed by atoms with Gasteiger partial charge in [-0.25, -0.2) is 9.97 Å². The molecule has 2 N–H and O–H groups in total. The van der Waals surface area contributed by atoms with E-state index >= 15 is 0 Å². The highest BCUT2D eigenvalue weighted by atomic mass is 16.5. The maximum absolute atomic E-state index is 11.9. The van der Waals surface area contributed by atoms with E-state index < -0.39 is 0 Å². The lowest BCUT2D eigenvalue weighted by molar-refractivity contribution is 0.0948. The van der Waals surface area contributed by atoms with Gasteiger partial charge in [0, 0.05) is 25.5 Å². The largest absolute Gasteiger partial charge is 0.496 e. The van der Waals surface area contributed by atoms with E-state index in [-0.39, 0.29) is 5.91 Å². The molecular formula is C18H24N4O2. The van der Waals surface area contributed by atoms with Gasteiger partial charge in [-0.1, -0.05) is 32.0 Å². The van der Waals surface area contributed by atoms with Crippen LogP contribution in [0.25, 0.3) is 0 Å². The fourth-order valence-electron chi connectivity index (χ4n) is 2.15. The molecule has 24 heavy (non-hydrogen) atoms. The summed E-state index contributed by atoms with van der Waals surface area (Å²) < 4.78 is 5.33. The predicted octanol–water partition coefficient (Wildman–Crippen LogP) is 2.53. The first-order chi connectivity index (χ1) is 11.6. The summed E-state index contributed by atoms with van der Waals surface area (Å²) in [6, 6.07) is 7.90. The van der Waals surface area contributed by atoms with Crippen LogP contribution in [-0.2, 0) is 6.42 Å². The van der Waals surface area contributed by atoms with Crippen molar-refractivity contribution >= 4 is 11.9 Å². The number of rotatable bonds is 8. The Morgan fingerprint density at radius 2 is 1.92 bits per heavy atom. The third-order valence-electron chi connectivity index (χ3n) is 3.45. The van der Waals surface area contributed by atoms with Gasteiger partial charge in [0.2, 0.25) is 5.95 Å². The summed E-state index contributed by atoms with van der Waals surface area (Å²) in [5.74, 6) is 1.64. The Bertz CT molecular complexity index is 656. The van der Waals surface area contributed by atoms with Gasteiger partial charge in [-0.3, -0.25) is 4.79 Å². The Balaban J connectivity index is 1.84. The number of carbonyl (C=O) groups is 1. The third-order valence-corrected chi connectivity index (χ3v) is 3.45. The highest BCUT2D eigenvalue weighted by Crippen LogP contribution is 2.17. The molecule has 1 aromatic heterocycles. The fourth-order valence-corrected chi connectivity index (χ4v) is 2.15. The van der Waals surface area contributed by atoms with Crippen LogP contribution < -0.4 is 15.4 Å². The van der Waals surface area contributed by atoms with Crippen LogP contribution >= 0.6 is 0 Å². The molecule has 0 atom stereocenters. The number of amides is 1. The second kappa shape index (κ2) is 8.86. The van der Waals surface area contributed by atoms with Crippen molar-refractivity contribution in [2.24, 2.45) is 5.92 Å². The van der Waals surface area contributed by atoms with Crippen LogP contribution in [0.5, 0.6) is 5.75 Å². The molecule has 0 radical (unpaired) electrons. The number of anilines is 1. The van der Waals surface area contributed by atoms with Crippen LogP contribution in [0.2, 0.25) is 0 Å². The molecule has 1 aromatic carbocycles. The predicted molar refractivity (Wildman–Crippen MR) is 94.4 cm³/mol. The Morgan fingerprint density at radius 3 is 2.58 bits per heavy atom. The highest BCUT2D eigenvalue weighted by Gasteiger charge is 2.07. The van der Waals surface area contributed by atoms with E-state index in [1.54, 1.807) is 7.11 Å². The normalized spacial score (nSPS) is 10.5. The zero-order chi connectivity index (χ0) is 17.4. The molecule has 2 rings (SSSR count). The van der Waals surface area contributed by atoms with Gasteiger partial charge >= 0.3 is 0 Å². The summed E-state index contributed by atoms with van der Waals surface area (Å²) in [5, 5.41) is 5.99. The summed E-state index contributed by atoms with van der Waals surface area (Å²) in [7, 11) is 1.67. The van der Waals surface area contributed by atoms with Crippen molar-refractivity contribution in [3.05, 3.63) is 47.8 Å². The maximum Gasteiger partial charge on any atom is 0.254 e. The molecule has 0 saturated heterocycles. The molecular weight excluding hydrogens is 304 g/mol. The fraction of sp³-hybridized carbons (Fsp3) is 0.389. The number of ether oxygens (including phenoxy) is 1. The van der Waals surface area contributed by atoms with E-state index in [2.05, 4.69) is 20.6 Å². The van der Waals surface area contributed by atoms with Crippen molar-refractivity contribution in [1.29, 1.82) is 0 Å². The van der Waals surface area contributed by atoms with Gasteiger partial charge in [-0.2, -0.15) is 0 Å². The standard InChI is InChI=1S/C18H24N4O2/c1-13(2)10-20-17(23)15-11-21-18(22-12-15)19-9-8-14-6-4-5-7-16(14)24-3/h4-7,11-13H,8-10H2,1-3H3,(H,20,23)(H,19,21,22). The molecule has 2 aromatic rings. The van der Waals surface area contributed by atoms with E-state index in [0.29, 0.717) is 30.5 Å². The van der Waals surface area contributed by atoms with Gasteiger partial charge in [0.1, 0.15) is 5.75 Å². The minimum absolute atomic E-state index is 0.149. The van der Waals surface area contributed by atoms with Gasteiger partial charge in [0.15, 0.2) is 0 Å². The van der Waals surface area contributed by atoms with Gasteiger partial charge in [0.25, 0.3) is 5.91 Å². The first-order valence-electron chi connectivity index (χ1n) is 8.06. The van der Waals surface area contributed by atoms with E-state index in [0.717, 1.165) is 17.7 Å². The zero-order valence-corrected chi connectivity index (χ0v) is 14.4. The molecule has 6 nitrogen and oxygen atoms in total. The molecule has 0 saturated carbocycles. The summed E-state index contributed by atoms with van der Waals surface area (Å²) in [6.07, 6.45) is 3.87. The Hall–Kier alpha value is -2.63. The zero-order valence-electron chi connectivity index (χ0n) is 14.4. The SMILES string of the molecule is COc1ccccc1CCNc1ncc(C(=O)NCC(C)C)cn1. The molecule has 128 valence electrons. The van der Waals surface area contributed by atoms with Crippen molar-refractivity contribution in [2.45, 2.75) is 20.3 Å². The number of hydrogen-bond acceptors (Lipinski definition) is 5. The van der Waals surface area contributed by atoms with E-state index in [4.69, 9.17) is 4.74 Å². The summed E-state index contributed by atoms with van der Waals surface area (Å²) in [5.41, 5.74) is 1.59. The summed E-state index contributed by atoms with van der Waals surface area (Å²) >= 11 is 0. The van der Waals surface area contributed by atoms with Crippen molar-refractivity contribution in [1.82, 2.24) is 15.3 Å². The maximum atomic E-state index is 11.9. The number of benzene rings is 1. The van der Waals surface area contributed by atoms with Crippen molar-refractivity contribution in [3.63, 3.8) is 0 Å². The van der Waals surface area contributed by atoms with Crippen LogP contribution in [0.15, 0.2) is 36.7 Å². The van der Waals surface area contributed by atoms with Gasteiger partial charge < -0.3 is 15.4 Å². The molecule has 0 aliphatic carbocycles. The lowest BCUT2D eigenvalue weighted by atomic mass is 10.1. The first kappa shape index (κ1) is 17.7. The van der Waals surface area contributed by atoms with E-state index in [1.165, 1.54) is 12.4 Å². The average Bonchev–Trinajstić information content (AvgIpc) is 2.60. The van der Waals surface area contributed by atoms with Crippen molar-refractivity contribution in [3.8, 4) is 5.75 Å². The topological polar surface area (TPSA) is 76.1 Å². The van der Waals surface area contributed by atoms with Crippen molar-refractivity contribution in [2.75, 3.05) is 25.5 Å². The lowest BCUT2D eigenvalue weighted by Crippen LogP contribution is -2.27. The number of hydrogen-bond donors (Lipinski definition) is 2. The second-order valence-corrected chi connectivity index (χ2v) is 5.89. The Kier molecular flexibility index (Phi) is 6.54. The lowest BCUT2D eigenvalue weighted by Gasteiger charge is -2.09. The number of methoxy groups -OCH3 is 1. The highest BCUT2D eigenvalue weighted by molar-refractivity contribution is 5.93. The molecule has 0 aliphatic rings. The van der Waals surface area contributed by atoms with Crippen molar-refractivity contribution < 1.29 is 9.53 Å². The van der Waals surface area contributed by atoms with E-state index in [1.807, 2.05) is 38.1 Å². The van der Waals surface area contributed by atoms with Crippen LogP contribution in [0.1, 0.15) is 29.8 Å². The molecule has 0 aliphatic heterocycles. The smallest absolute Gasteiger partial charge is 0.254 e. The number of carbonyl (C=O) groups excluding carboxylic acids is 1. The Morgan fingerprint density at radius 1 is 1.21 bits per heavy atom. The van der Waals surface area contributed by atoms with Crippen LogP contribution in [0, 0.1) is 5.92 Å². The minimum atomic E-state index is -0.149. The molecule has 6 heteroatoms. The number of nitrogens with zero attached hydrogens (tertiary/aromatic N) is 2. The number of nitrogens with one attached hydrogen (secondary N) is 2. The molecule has 1 amide bonds. The monoisotopic (exact) mass is 328 g/mol. The summed E-state index contributed by atoms with van der Waals surface area (Å²) in [6.45, 7) is 5.41. The quantitative estimate of drug-likeness (QED) is 0.779. The molecule has 0 unspecified atom stereocenters. The van der Waals surface area contributed by atoms with Gasteiger partial charge in [-0.05, 0) is 24.0 Å². The van der Waals surface area contributed by atoms with Crippen LogP contribution in [0.4, 0.5) is 5.95 Å². The number of para-hydroxylation sites is 1. The average molecular weight is 328 g/mol. The number of aromatic nitrogens is 2. The molecule has 0 bridgehead atoms.